The topological polar surface area (TPSA) is 55.0 Å². The van der Waals surface area contributed by atoms with E-state index in [0.717, 1.165) is 5.56 Å². The number of aromatic nitrogens is 2. The lowest BCUT2D eigenvalue weighted by Gasteiger charge is -2.20. The Kier molecular flexibility index (Phi) is 4.36. The van der Waals surface area contributed by atoms with Gasteiger partial charge >= 0.3 is 0 Å². The van der Waals surface area contributed by atoms with Crippen molar-refractivity contribution in [3.63, 3.8) is 0 Å². The first-order chi connectivity index (χ1) is 7.13. The van der Waals surface area contributed by atoms with Crippen molar-refractivity contribution < 1.29 is 8.78 Å². The monoisotopic (exact) mass is 216 g/mol. The Morgan fingerprint density at radius 2 is 2.00 bits per heavy atom. The molecule has 0 saturated carbocycles. The molecule has 0 radical (unpaired) electrons. The third kappa shape index (κ3) is 3.75. The molecule has 1 rings (SSSR count). The second kappa shape index (κ2) is 5.55. The van der Waals surface area contributed by atoms with Gasteiger partial charge in [-0.05, 0) is 12.5 Å². The largest absolute Gasteiger partial charge is 0.334 e. The molecule has 1 aromatic heterocycles. The van der Waals surface area contributed by atoms with Crippen LogP contribution in [0.1, 0.15) is 5.56 Å². The Morgan fingerprint density at radius 3 is 2.47 bits per heavy atom. The molecule has 15 heavy (non-hydrogen) atoms. The van der Waals surface area contributed by atoms with Crippen molar-refractivity contribution in [2.24, 2.45) is 5.73 Å². The third-order valence-corrected chi connectivity index (χ3v) is 1.81. The van der Waals surface area contributed by atoms with Gasteiger partial charge in [-0.15, -0.1) is 0 Å². The summed E-state index contributed by atoms with van der Waals surface area (Å²) >= 11 is 0. The SMILES string of the molecule is Cc1cnc(N(CCN)CC(F)F)nc1. The summed E-state index contributed by atoms with van der Waals surface area (Å²) in [6, 6.07) is 0. The Balaban J connectivity index is 2.74. The maximum Gasteiger partial charge on any atom is 0.255 e. The van der Waals surface area contributed by atoms with E-state index >= 15 is 0 Å². The molecule has 0 saturated heterocycles. The average Bonchev–Trinajstić information content (AvgIpc) is 2.17. The predicted molar refractivity (Wildman–Crippen MR) is 54.0 cm³/mol. The molecular formula is C9H14F2N4. The van der Waals surface area contributed by atoms with Crippen LogP contribution >= 0.6 is 0 Å². The lowest BCUT2D eigenvalue weighted by Crippen LogP contribution is -2.34. The number of anilines is 1. The summed E-state index contributed by atoms with van der Waals surface area (Å²) < 4.78 is 24.5. The van der Waals surface area contributed by atoms with Gasteiger partial charge in [0.1, 0.15) is 0 Å². The van der Waals surface area contributed by atoms with Crippen LogP contribution in [0.2, 0.25) is 0 Å². The lowest BCUT2D eigenvalue weighted by molar-refractivity contribution is 0.154. The summed E-state index contributed by atoms with van der Waals surface area (Å²) in [5, 5.41) is 0. The molecule has 0 aliphatic heterocycles. The van der Waals surface area contributed by atoms with Crippen LogP contribution in [0, 0.1) is 6.92 Å². The fourth-order valence-corrected chi connectivity index (χ4v) is 1.14. The lowest BCUT2D eigenvalue weighted by atomic mass is 10.4. The highest BCUT2D eigenvalue weighted by Gasteiger charge is 2.13. The van der Waals surface area contributed by atoms with Crippen molar-refractivity contribution in [1.29, 1.82) is 0 Å². The molecule has 0 aliphatic rings. The normalized spacial score (nSPS) is 10.7. The summed E-state index contributed by atoms with van der Waals surface area (Å²) in [5.41, 5.74) is 6.22. The molecule has 0 fully saturated rings. The summed E-state index contributed by atoms with van der Waals surface area (Å²) in [4.78, 5) is 9.33. The van der Waals surface area contributed by atoms with E-state index in [1.807, 2.05) is 6.92 Å². The number of rotatable bonds is 5. The molecule has 1 heterocycles. The summed E-state index contributed by atoms with van der Waals surface area (Å²) in [7, 11) is 0. The first kappa shape index (κ1) is 11.8. The van der Waals surface area contributed by atoms with Crippen LogP contribution in [-0.2, 0) is 0 Å². The number of aryl methyl sites for hydroxylation is 1. The molecule has 0 aromatic carbocycles. The van der Waals surface area contributed by atoms with Crippen molar-refractivity contribution >= 4 is 5.95 Å². The van der Waals surface area contributed by atoms with Crippen LogP contribution in [0.3, 0.4) is 0 Å². The van der Waals surface area contributed by atoms with E-state index in [1.165, 1.54) is 4.90 Å². The third-order valence-electron chi connectivity index (χ3n) is 1.81. The maximum absolute atomic E-state index is 12.2. The smallest absolute Gasteiger partial charge is 0.255 e. The van der Waals surface area contributed by atoms with Crippen molar-refractivity contribution in [2.75, 3.05) is 24.5 Å². The molecule has 6 heteroatoms. The standard InChI is InChI=1S/C9H14F2N4/c1-7-4-13-9(14-5-7)15(3-2-12)6-8(10)11/h4-5,8H,2-3,6,12H2,1H3. The Morgan fingerprint density at radius 1 is 1.40 bits per heavy atom. The van der Waals surface area contributed by atoms with E-state index in [1.54, 1.807) is 12.4 Å². The van der Waals surface area contributed by atoms with Crippen LogP contribution in [0.25, 0.3) is 0 Å². The van der Waals surface area contributed by atoms with E-state index in [4.69, 9.17) is 5.73 Å². The van der Waals surface area contributed by atoms with Crippen LogP contribution in [0.15, 0.2) is 12.4 Å². The van der Waals surface area contributed by atoms with Gasteiger partial charge in [0.05, 0.1) is 6.54 Å². The first-order valence-corrected chi connectivity index (χ1v) is 4.65. The second-order valence-corrected chi connectivity index (χ2v) is 3.19. The average molecular weight is 216 g/mol. The van der Waals surface area contributed by atoms with Gasteiger partial charge in [-0.25, -0.2) is 18.7 Å². The highest BCUT2D eigenvalue weighted by atomic mass is 19.3. The molecule has 0 atom stereocenters. The van der Waals surface area contributed by atoms with Gasteiger partial charge in [-0.1, -0.05) is 0 Å². The molecule has 0 aliphatic carbocycles. The zero-order chi connectivity index (χ0) is 11.3. The Labute approximate surface area is 87.1 Å². The molecular weight excluding hydrogens is 202 g/mol. The Bertz CT molecular complexity index is 289. The number of nitrogens with zero attached hydrogens (tertiary/aromatic N) is 3. The molecule has 2 N–H and O–H groups in total. The van der Waals surface area contributed by atoms with E-state index in [9.17, 15) is 8.78 Å². The van der Waals surface area contributed by atoms with Gasteiger partial charge in [0, 0.05) is 25.5 Å². The van der Waals surface area contributed by atoms with Gasteiger partial charge in [0.25, 0.3) is 6.43 Å². The number of alkyl halides is 2. The highest BCUT2D eigenvalue weighted by molar-refractivity contribution is 5.29. The van der Waals surface area contributed by atoms with Crippen molar-refractivity contribution in [2.45, 2.75) is 13.3 Å². The first-order valence-electron chi connectivity index (χ1n) is 4.65. The zero-order valence-electron chi connectivity index (χ0n) is 8.53. The second-order valence-electron chi connectivity index (χ2n) is 3.19. The maximum atomic E-state index is 12.2. The zero-order valence-corrected chi connectivity index (χ0v) is 8.53. The minimum Gasteiger partial charge on any atom is -0.334 e. The van der Waals surface area contributed by atoms with Gasteiger partial charge < -0.3 is 10.6 Å². The van der Waals surface area contributed by atoms with E-state index < -0.39 is 6.43 Å². The van der Waals surface area contributed by atoms with Crippen LogP contribution in [-0.4, -0.2) is 36.0 Å². The van der Waals surface area contributed by atoms with Gasteiger partial charge in [0.15, 0.2) is 0 Å². The van der Waals surface area contributed by atoms with Crippen LogP contribution < -0.4 is 10.6 Å². The number of nitrogens with two attached hydrogens (primary N) is 1. The molecule has 0 amide bonds. The summed E-state index contributed by atoms with van der Waals surface area (Å²) in [5.74, 6) is 0.298. The van der Waals surface area contributed by atoms with Crippen LogP contribution in [0.4, 0.5) is 14.7 Å². The minimum absolute atomic E-state index is 0.296. The molecule has 0 unspecified atom stereocenters. The van der Waals surface area contributed by atoms with Crippen molar-refractivity contribution in [3.05, 3.63) is 18.0 Å². The minimum atomic E-state index is -2.42. The highest BCUT2D eigenvalue weighted by Crippen LogP contribution is 2.08. The van der Waals surface area contributed by atoms with Crippen LogP contribution in [0.5, 0.6) is 0 Å². The molecule has 0 spiro atoms. The fourth-order valence-electron chi connectivity index (χ4n) is 1.14. The fraction of sp³-hybridized carbons (Fsp3) is 0.556. The molecule has 1 aromatic rings. The number of hydrogen-bond donors (Lipinski definition) is 1. The van der Waals surface area contributed by atoms with Gasteiger partial charge in [0.2, 0.25) is 5.95 Å². The van der Waals surface area contributed by atoms with Crippen molar-refractivity contribution in [3.8, 4) is 0 Å². The molecule has 84 valence electrons. The number of hydrogen-bond acceptors (Lipinski definition) is 4. The predicted octanol–water partition coefficient (Wildman–Crippen LogP) is 0.815. The molecule has 4 nitrogen and oxygen atoms in total. The van der Waals surface area contributed by atoms with Crippen molar-refractivity contribution in [1.82, 2.24) is 9.97 Å². The van der Waals surface area contributed by atoms with E-state index in [0.29, 0.717) is 19.0 Å². The van der Waals surface area contributed by atoms with Gasteiger partial charge in [-0.3, -0.25) is 0 Å². The Hall–Kier alpha value is -1.30. The molecule has 0 bridgehead atoms. The quantitative estimate of drug-likeness (QED) is 0.791. The summed E-state index contributed by atoms with van der Waals surface area (Å²) in [6.45, 7) is 2.07. The summed E-state index contributed by atoms with van der Waals surface area (Å²) in [6.07, 6.45) is 0.774. The number of halogens is 2. The van der Waals surface area contributed by atoms with E-state index in [2.05, 4.69) is 9.97 Å². The van der Waals surface area contributed by atoms with Gasteiger partial charge in [-0.2, -0.15) is 0 Å². The van der Waals surface area contributed by atoms with E-state index in [-0.39, 0.29) is 6.54 Å².